The minimum atomic E-state index is 0.200. The Hall–Kier alpha value is -2.34. The minimum Gasteiger partial charge on any atom is -0.102 e. The lowest BCUT2D eigenvalue weighted by Crippen LogP contribution is -1.97. The van der Waals surface area contributed by atoms with Crippen LogP contribution in [0.25, 0.3) is 10.8 Å². The molecule has 0 saturated carbocycles. The normalized spacial score (nSPS) is 12.2. The summed E-state index contributed by atoms with van der Waals surface area (Å²) >= 11 is 0. The summed E-state index contributed by atoms with van der Waals surface area (Å²) in [4.78, 5) is 0. The Morgan fingerprint density at radius 1 is 0.842 bits per heavy atom. The Labute approximate surface area is 114 Å². The van der Waals surface area contributed by atoms with E-state index in [-0.39, 0.29) is 5.92 Å². The van der Waals surface area contributed by atoms with Crippen molar-refractivity contribution in [2.24, 2.45) is 0 Å². The van der Waals surface area contributed by atoms with E-state index in [0.29, 0.717) is 0 Å². The van der Waals surface area contributed by atoms with Crippen molar-refractivity contribution in [1.29, 1.82) is 0 Å². The molecule has 0 amide bonds. The molecule has 1 radical (unpaired) electrons. The van der Waals surface area contributed by atoms with E-state index in [1.54, 1.807) is 0 Å². The van der Waals surface area contributed by atoms with Crippen molar-refractivity contribution in [3.05, 3.63) is 96.6 Å². The van der Waals surface area contributed by atoms with E-state index in [9.17, 15) is 0 Å². The van der Waals surface area contributed by atoms with Gasteiger partial charge in [-0.2, -0.15) is 0 Å². The van der Waals surface area contributed by atoms with Crippen molar-refractivity contribution in [3.8, 4) is 0 Å². The zero-order valence-corrected chi connectivity index (χ0v) is 10.7. The van der Waals surface area contributed by atoms with Crippen molar-refractivity contribution in [2.75, 3.05) is 0 Å². The van der Waals surface area contributed by atoms with Crippen molar-refractivity contribution in [2.45, 2.75) is 5.92 Å². The first-order chi connectivity index (χ1) is 9.38. The van der Waals surface area contributed by atoms with Crippen LogP contribution in [-0.4, -0.2) is 0 Å². The molecule has 1 unspecified atom stereocenters. The van der Waals surface area contributed by atoms with Gasteiger partial charge in [0.15, 0.2) is 0 Å². The lowest BCUT2D eigenvalue weighted by atomic mass is 9.90. The number of benzene rings is 3. The molecule has 0 heteroatoms. The van der Waals surface area contributed by atoms with Gasteiger partial charge in [0.2, 0.25) is 0 Å². The van der Waals surface area contributed by atoms with Crippen LogP contribution in [0.4, 0.5) is 0 Å². The van der Waals surface area contributed by atoms with E-state index < -0.39 is 0 Å². The molecule has 1 atom stereocenters. The lowest BCUT2D eigenvalue weighted by Gasteiger charge is -2.13. The zero-order valence-electron chi connectivity index (χ0n) is 10.7. The molecule has 3 aromatic carbocycles. The average molecular weight is 243 g/mol. The summed E-state index contributed by atoms with van der Waals surface area (Å²) in [6, 6.07) is 26.5. The van der Waals surface area contributed by atoms with Crippen LogP contribution in [0.15, 0.2) is 79.4 Å². The fourth-order valence-electron chi connectivity index (χ4n) is 2.42. The molecule has 0 nitrogen and oxygen atoms in total. The monoisotopic (exact) mass is 243 g/mol. The van der Waals surface area contributed by atoms with Crippen LogP contribution in [0.1, 0.15) is 17.0 Å². The minimum absolute atomic E-state index is 0.200. The molecule has 0 aliphatic carbocycles. The van der Waals surface area contributed by atoms with Gasteiger partial charge >= 0.3 is 0 Å². The van der Waals surface area contributed by atoms with Crippen LogP contribution in [0.5, 0.6) is 0 Å². The fourth-order valence-corrected chi connectivity index (χ4v) is 2.42. The highest BCUT2D eigenvalue weighted by Crippen LogP contribution is 2.27. The van der Waals surface area contributed by atoms with Crippen LogP contribution in [0.3, 0.4) is 0 Å². The highest BCUT2D eigenvalue weighted by atomic mass is 14.1. The number of allylic oxidation sites excluding steroid dienone is 1. The third kappa shape index (κ3) is 2.30. The maximum Gasteiger partial charge on any atom is 0.0273 e. The van der Waals surface area contributed by atoms with Crippen LogP contribution in [0, 0.1) is 6.07 Å². The molecular weight excluding hydrogens is 228 g/mol. The molecule has 3 aromatic rings. The summed E-state index contributed by atoms with van der Waals surface area (Å²) in [5.41, 5.74) is 2.42. The molecule has 0 aromatic heterocycles. The largest absolute Gasteiger partial charge is 0.102 e. The predicted octanol–water partition coefficient (Wildman–Crippen LogP) is 4.96. The Kier molecular flexibility index (Phi) is 3.16. The molecule has 0 saturated heterocycles. The Bertz CT molecular complexity index is 695. The molecule has 0 aliphatic heterocycles. The quantitative estimate of drug-likeness (QED) is 0.570. The Morgan fingerprint density at radius 2 is 1.58 bits per heavy atom. The fraction of sp³-hybridized carbons (Fsp3) is 0.0526. The topological polar surface area (TPSA) is 0 Å². The summed E-state index contributed by atoms with van der Waals surface area (Å²) in [7, 11) is 0. The Morgan fingerprint density at radius 3 is 2.37 bits per heavy atom. The number of hydrogen-bond acceptors (Lipinski definition) is 0. The second kappa shape index (κ2) is 5.11. The maximum atomic E-state index is 3.97. The van der Waals surface area contributed by atoms with Gasteiger partial charge in [-0.3, -0.25) is 0 Å². The first kappa shape index (κ1) is 11.7. The molecule has 19 heavy (non-hydrogen) atoms. The summed E-state index contributed by atoms with van der Waals surface area (Å²) in [6.07, 6.45) is 1.98. The van der Waals surface area contributed by atoms with Gasteiger partial charge in [-0.05, 0) is 28.0 Å². The zero-order chi connectivity index (χ0) is 13.1. The van der Waals surface area contributed by atoms with Gasteiger partial charge in [-0.15, -0.1) is 6.58 Å². The first-order valence-electron chi connectivity index (χ1n) is 6.47. The van der Waals surface area contributed by atoms with Gasteiger partial charge in [0.25, 0.3) is 0 Å². The van der Waals surface area contributed by atoms with E-state index in [1.807, 2.05) is 18.2 Å². The molecule has 0 fully saturated rings. The maximum absolute atomic E-state index is 3.97. The van der Waals surface area contributed by atoms with E-state index in [4.69, 9.17) is 0 Å². The van der Waals surface area contributed by atoms with E-state index in [1.165, 1.54) is 16.5 Å². The van der Waals surface area contributed by atoms with Gasteiger partial charge in [-0.1, -0.05) is 72.8 Å². The molecule has 3 rings (SSSR count). The van der Waals surface area contributed by atoms with Gasteiger partial charge in [0.1, 0.15) is 0 Å². The van der Waals surface area contributed by atoms with Gasteiger partial charge < -0.3 is 0 Å². The standard InChI is InChI=1S/C19H15/c1-2-19(16-9-4-3-5-10-16)18-13-12-15-8-6-7-11-17(15)14-18/h2-13,19H,1H2. The van der Waals surface area contributed by atoms with Crippen LogP contribution in [0.2, 0.25) is 0 Å². The second-order valence-electron chi connectivity index (χ2n) is 4.62. The van der Waals surface area contributed by atoms with Gasteiger partial charge in [-0.25, -0.2) is 0 Å². The summed E-state index contributed by atoms with van der Waals surface area (Å²) in [6.45, 7) is 3.97. The second-order valence-corrected chi connectivity index (χ2v) is 4.62. The molecule has 0 bridgehead atoms. The van der Waals surface area contributed by atoms with Crippen molar-refractivity contribution < 1.29 is 0 Å². The highest BCUT2D eigenvalue weighted by Gasteiger charge is 2.10. The van der Waals surface area contributed by atoms with E-state index >= 15 is 0 Å². The van der Waals surface area contributed by atoms with E-state index in [2.05, 4.69) is 67.2 Å². The van der Waals surface area contributed by atoms with E-state index in [0.717, 1.165) is 5.39 Å². The molecule has 0 aliphatic rings. The average Bonchev–Trinajstić information content (AvgIpc) is 2.49. The van der Waals surface area contributed by atoms with Crippen LogP contribution < -0.4 is 0 Å². The highest BCUT2D eigenvalue weighted by molar-refractivity contribution is 5.82. The third-order valence-electron chi connectivity index (χ3n) is 3.41. The first-order valence-corrected chi connectivity index (χ1v) is 6.47. The smallest absolute Gasteiger partial charge is 0.0273 e. The molecular formula is C19H15. The summed E-state index contributed by atoms with van der Waals surface area (Å²) in [5, 5.41) is 2.38. The summed E-state index contributed by atoms with van der Waals surface area (Å²) < 4.78 is 0. The van der Waals surface area contributed by atoms with Crippen molar-refractivity contribution >= 4 is 10.8 Å². The molecule has 91 valence electrons. The number of hydrogen-bond donors (Lipinski definition) is 0. The molecule has 0 heterocycles. The van der Waals surface area contributed by atoms with Gasteiger partial charge in [0.05, 0.1) is 0 Å². The summed E-state index contributed by atoms with van der Waals surface area (Å²) in [5.74, 6) is 0.200. The number of fused-ring (bicyclic) bond motifs is 1. The van der Waals surface area contributed by atoms with Crippen LogP contribution >= 0.6 is 0 Å². The van der Waals surface area contributed by atoms with Crippen molar-refractivity contribution in [3.63, 3.8) is 0 Å². The van der Waals surface area contributed by atoms with Gasteiger partial charge in [0, 0.05) is 5.92 Å². The van der Waals surface area contributed by atoms with Crippen LogP contribution in [-0.2, 0) is 0 Å². The lowest BCUT2D eigenvalue weighted by molar-refractivity contribution is 1.03. The van der Waals surface area contributed by atoms with Crippen molar-refractivity contribution in [1.82, 2.24) is 0 Å². The SMILES string of the molecule is C=CC(c1[c]c2ccccc2cc1)c1ccccc1. The molecule has 0 spiro atoms. The number of rotatable bonds is 3. The molecule has 0 N–H and O–H groups in total. The third-order valence-corrected chi connectivity index (χ3v) is 3.41. The Balaban J connectivity index is 2.09. The predicted molar refractivity (Wildman–Crippen MR) is 81.3 cm³/mol.